The third-order valence-electron chi connectivity index (χ3n) is 4.16. The first-order valence-corrected chi connectivity index (χ1v) is 9.82. The summed E-state index contributed by atoms with van der Waals surface area (Å²) in [5.41, 5.74) is 1.08. The molecule has 2 aliphatic heterocycles. The molecule has 1 fully saturated rings. The molecule has 4 rings (SSSR count). The van der Waals surface area contributed by atoms with Gasteiger partial charge in [-0.25, -0.2) is 8.42 Å². The number of nitrogens with zero attached hydrogens (tertiary/aromatic N) is 1. The maximum atomic E-state index is 12.6. The number of fused-ring (bicyclic) bond motifs is 1. The summed E-state index contributed by atoms with van der Waals surface area (Å²) in [4.78, 5) is 0. The fourth-order valence-electron chi connectivity index (χ4n) is 2.95. The zero-order chi connectivity index (χ0) is 16.0. The predicted octanol–water partition coefficient (Wildman–Crippen LogP) is 3.31. The smallest absolute Gasteiger partial charge is 0.252 e. The van der Waals surface area contributed by atoms with Crippen LogP contribution in [-0.2, 0) is 10.0 Å². The first-order valence-electron chi connectivity index (χ1n) is 7.19. The molecule has 1 atom stereocenters. The van der Waals surface area contributed by atoms with Gasteiger partial charge in [0.1, 0.15) is 4.21 Å². The van der Waals surface area contributed by atoms with E-state index in [2.05, 4.69) is 0 Å². The molecule has 0 bridgehead atoms. The Balaban J connectivity index is 1.55. The zero-order valence-electron chi connectivity index (χ0n) is 12.1. The molecule has 23 heavy (non-hydrogen) atoms. The molecule has 0 amide bonds. The van der Waals surface area contributed by atoms with Crippen LogP contribution in [0.2, 0.25) is 4.34 Å². The van der Waals surface area contributed by atoms with Gasteiger partial charge in [0.2, 0.25) is 6.79 Å². The van der Waals surface area contributed by atoms with Crippen LogP contribution in [0.3, 0.4) is 0 Å². The summed E-state index contributed by atoms with van der Waals surface area (Å²) in [6.45, 7) is 1.22. The van der Waals surface area contributed by atoms with Gasteiger partial charge in [-0.3, -0.25) is 0 Å². The predicted molar refractivity (Wildman–Crippen MR) is 88.0 cm³/mol. The minimum Gasteiger partial charge on any atom is -0.454 e. The van der Waals surface area contributed by atoms with Gasteiger partial charge in [-0.15, -0.1) is 11.3 Å². The van der Waals surface area contributed by atoms with Crippen molar-refractivity contribution in [3.8, 4) is 11.5 Å². The minimum absolute atomic E-state index is 0.162. The van der Waals surface area contributed by atoms with E-state index in [1.54, 1.807) is 12.1 Å². The van der Waals surface area contributed by atoms with Gasteiger partial charge in [-0.2, -0.15) is 4.31 Å². The van der Waals surface area contributed by atoms with E-state index in [0.29, 0.717) is 21.6 Å². The van der Waals surface area contributed by atoms with Gasteiger partial charge in [0.25, 0.3) is 10.0 Å². The van der Waals surface area contributed by atoms with Crippen molar-refractivity contribution in [2.24, 2.45) is 0 Å². The normalized spacial score (nSPS) is 21.0. The summed E-state index contributed by atoms with van der Waals surface area (Å²) in [7, 11) is -3.46. The van der Waals surface area contributed by atoms with E-state index >= 15 is 0 Å². The van der Waals surface area contributed by atoms with Crippen LogP contribution >= 0.6 is 22.9 Å². The van der Waals surface area contributed by atoms with E-state index in [9.17, 15) is 8.42 Å². The molecule has 122 valence electrons. The molecule has 0 spiro atoms. The second-order valence-corrected chi connectivity index (χ2v) is 9.40. The van der Waals surface area contributed by atoms with Crippen molar-refractivity contribution in [1.29, 1.82) is 0 Å². The largest absolute Gasteiger partial charge is 0.454 e. The number of hydrogen-bond acceptors (Lipinski definition) is 5. The quantitative estimate of drug-likeness (QED) is 0.830. The Kier molecular flexibility index (Phi) is 3.76. The topological polar surface area (TPSA) is 55.8 Å². The molecule has 0 radical (unpaired) electrons. The Morgan fingerprint density at radius 3 is 2.78 bits per heavy atom. The van der Waals surface area contributed by atoms with Crippen LogP contribution in [0.1, 0.15) is 17.9 Å². The number of rotatable bonds is 3. The number of benzene rings is 1. The number of ether oxygens (including phenoxy) is 2. The lowest BCUT2D eigenvalue weighted by Crippen LogP contribution is -2.28. The molecule has 2 aromatic rings. The standard InChI is InChI=1S/C15H14ClNO4S2/c16-14-3-4-15(22-14)23(18,19)17-6-5-11(8-17)10-1-2-12-13(7-10)21-9-20-12/h1-4,7,11H,5-6,8-9H2. The third kappa shape index (κ3) is 2.71. The molecule has 0 N–H and O–H groups in total. The molecule has 1 unspecified atom stereocenters. The van der Waals surface area contributed by atoms with Gasteiger partial charge in [-0.05, 0) is 42.2 Å². The van der Waals surface area contributed by atoms with Crippen molar-refractivity contribution in [2.45, 2.75) is 16.5 Å². The van der Waals surface area contributed by atoms with Gasteiger partial charge in [0.15, 0.2) is 11.5 Å². The van der Waals surface area contributed by atoms with E-state index in [0.717, 1.165) is 34.8 Å². The fourth-order valence-corrected chi connectivity index (χ4v) is 6.09. The van der Waals surface area contributed by atoms with Crippen LogP contribution in [0.5, 0.6) is 11.5 Å². The van der Waals surface area contributed by atoms with E-state index in [-0.39, 0.29) is 12.7 Å². The molecule has 0 aliphatic carbocycles. The first-order chi connectivity index (χ1) is 11.0. The SMILES string of the molecule is O=S(=O)(c1ccc(Cl)s1)N1CCC(c2ccc3c(c2)OCO3)C1. The maximum Gasteiger partial charge on any atom is 0.252 e. The Morgan fingerprint density at radius 1 is 1.17 bits per heavy atom. The Hall–Kier alpha value is -1.28. The van der Waals surface area contributed by atoms with Crippen LogP contribution in [0.25, 0.3) is 0 Å². The Morgan fingerprint density at radius 2 is 2.00 bits per heavy atom. The Labute approximate surface area is 143 Å². The average molecular weight is 372 g/mol. The van der Waals surface area contributed by atoms with Crippen LogP contribution in [0.4, 0.5) is 0 Å². The van der Waals surface area contributed by atoms with E-state index in [1.165, 1.54) is 4.31 Å². The average Bonchev–Trinajstić information content (AvgIpc) is 3.26. The maximum absolute atomic E-state index is 12.6. The molecule has 1 saturated heterocycles. The first kappa shape index (κ1) is 15.3. The van der Waals surface area contributed by atoms with Gasteiger partial charge < -0.3 is 9.47 Å². The molecule has 0 saturated carbocycles. The summed E-state index contributed by atoms with van der Waals surface area (Å²) >= 11 is 6.96. The molecule has 5 nitrogen and oxygen atoms in total. The molecule has 8 heteroatoms. The van der Waals surface area contributed by atoms with Crippen LogP contribution in [-0.4, -0.2) is 32.6 Å². The molecule has 2 aliphatic rings. The highest BCUT2D eigenvalue weighted by atomic mass is 35.5. The van der Waals surface area contributed by atoms with Crippen LogP contribution in [0.15, 0.2) is 34.5 Å². The monoisotopic (exact) mass is 371 g/mol. The fraction of sp³-hybridized carbons (Fsp3) is 0.333. The van der Waals surface area contributed by atoms with Crippen molar-refractivity contribution < 1.29 is 17.9 Å². The zero-order valence-corrected chi connectivity index (χ0v) is 14.5. The van der Waals surface area contributed by atoms with E-state index < -0.39 is 10.0 Å². The van der Waals surface area contributed by atoms with Gasteiger partial charge >= 0.3 is 0 Å². The summed E-state index contributed by atoms with van der Waals surface area (Å²) < 4.78 is 38.3. The highest BCUT2D eigenvalue weighted by molar-refractivity contribution is 7.91. The minimum atomic E-state index is -3.46. The number of hydrogen-bond donors (Lipinski definition) is 0. The van der Waals surface area contributed by atoms with Gasteiger partial charge in [0, 0.05) is 13.1 Å². The van der Waals surface area contributed by atoms with E-state index in [4.69, 9.17) is 21.1 Å². The molecule has 1 aromatic carbocycles. The summed E-state index contributed by atoms with van der Waals surface area (Å²) in [6, 6.07) is 9.00. The number of halogens is 1. The summed E-state index contributed by atoms with van der Waals surface area (Å²) in [5, 5.41) is 0. The van der Waals surface area contributed by atoms with Crippen LogP contribution in [0, 0.1) is 0 Å². The molecular formula is C15H14ClNO4S2. The number of thiophene rings is 1. The number of sulfonamides is 1. The summed E-state index contributed by atoms with van der Waals surface area (Å²) in [6.07, 6.45) is 0.790. The lowest BCUT2D eigenvalue weighted by atomic mass is 9.98. The second-order valence-electron chi connectivity index (χ2n) is 5.52. The van der Waals surface area contributed by atoms with Crippen molar-refractivity contribution in [2.75, 3.05) is 19.9 Å². The lowest BCUT2D eigenvalue weighted by molar-refractivity contribution is 0.174. The summed E-state index contributed by atoms with van der Waals surface area (Å²) in [5.74, 6) is 1.63. The van der Waals surface area contributed by atoms with Crippen molar-refractivity contribution in [3.05, 3.63) is 40.2 Å². The molecular weight excluding hydrogens is 358 g/mol. The molecule has 1 aromatic heterocycles. The van der Waals surface area contributed by atoms with Gasteiger partial charge in [-0.1, -0.05) is 17.7 Å². The van der Waals surface area contributed by atoms with E-state index in [1.807, 2.05) is 18.2 Å². The highest BCUT2D eigenvalue weighted by Crippen LogP contribution is 2.38. The van der Waals surface area contributed by atoms with Gasteiger partial charge in [0.05, 0.1) is 4.34 Å². The van der Waals surface area contributed by atoms with Crippen LogP contribution < -0.4 is 9.47 Å². The Bertz CT molecular complexity index is 849. The molecule has 3 heterocycles. The third-order valence-corrected chi connectivity index (χ3v) is 7.73. The van der Waals surface area contributed by atoms with Crippen molar-refractivity contribution >= 4 is 33.0 Å². The second kappa shape index (κ2) is 5.66. The van der Waals surface area contributed by atoms with Crippen molar-refractivity contribution in [3.63, 3.8) is 0 Å². The van der Waals surface area contributed by atoms with Crippen molar-refractivity contribution in [1.82, 2.24) is 4.31 Å². The highest BCUT2D eigenvalue weighted by Gasteiger charge is 2.34. The lowest BCUT2D eigenvalue weighted by Gasteiger charge is -2.15.